The van der Waals surface area contributed by atoms with Gasteiger partial charge in [0.1, 0.15) is 0 Å². The third-order valence-electron chi connectivity index (χ3n) is 2.80. The second-order valence-corrected chi connectivity index (χ2v) is 4.26. The molecule has 0 saturated carbocycles. The maximum absolute atomic E-state index is 12.6. The number of carbonyl (C=O) groups is 1. The molecular weight excluding hydrogens is 261 g/mol. The summed E-state index contributed by atoms with van der Waals surface area (Å²) in [5.41, 5.74) is -1.43. The number of halogens is 3. The van der Waals surface area contributed by atoms with Crippen molar-refractivity contribution in [3.63, 3.8) is 0 Å². The van der Waals surface area contributed by atoms with Gasteiger partial charge in [-0.2, -0.15) is 13.2 Å². The van der Waals surface area contributed by atoms with Crippen LogP contribution in [0.5, 0.6) is 0 Å². The monoisotopic (exact) mass is 276 g/mol. The Labute approximate surface area is 108 Å². The van der Waals surface area contributed by atoms with E-state index >= 15 is 0 Å². The average molecular weight is 276 g/mol. The summed E-state index contributed by atoms with van der Waals surface area (Å²) in [6, 6.07) is 2.30. The molecule has 0 aromatic heterocycles. The number of hydrogen-bond donors (Lipinski definition) is 2. The molecule has 0 fully saturated rings. The normalized spacial score (nSPS) is 13.3. The molecule has 106 valence electrons. The molecule has 3 nitrogen and oxygen atoms in total. The fourth-order valence-corrected chi connectivity index (χ4v) is 1.76. The minimum Gasteiger partial charge on any atom is -0.478 e. The van der Waals surface area contributed by atoms with E-state index in [4.69, 9.17) is 5.11 Å². The lowest BCUT2D eigenvalue weighted by molar-refractivity contribution is -0.137. The SMILES string of the molecule is CCCCC(O)c1cc(C(F)(F)F)ccc1C(=O)O. The second-order valence-electron chi connectivity index (χ2n) is 4.26. The predicted molar refractivity (Wildman–Crippen MR) is 62.9 cm³/mol. The molecule has 2 N–H and O–H groups in total. The average Bonchev–Trinajstić information content (AvgIpc) is 2.33. The molecule has 1 aromatic rings. The van der Waals surface area contributed by atoms with Gasteiger partial charge >= 0.3 is 12.1 Å². The third-order valence-corrected chi connectivity index (χ3v) is 2.80. The Balaban J connectivity index is 3.19. The van der Waals surface area contributed by atoms with Gasteiger partial charge in [-0.3, -0.25) is 0 Å². The van der Waals surface area contributed by atoms with Crippen LogP contribution in [0.15, 0.2) is 18.2 Å². The lowest BCUT2D eigenvalue weighted by Gasteiger charge is -2.16. The zero-order valence-corrected chi connectivity index (χ0v) is 10.4. The van der Waals surface area contributed by atoms with Gasteiger partial charge in [-0.05, 0) is 30.2 Å². The summed E-state index contributed by atoms with van der Waals surface area (Å²) in [6.07, 6.45) is -4.16. The second kappa shape index (κ2) is 6.06. The number of aliphatic hydroxyl groups is 1. The van der Waals surface area contributed by atoms with E-state index in [1.807, 2.05) is 6.92 Å². The lowest BCUT2D eigenvalue weighted by Crippen LogP contribution is -2.12. The zero-order chi connectivity index (χ0) is 14.6. The van der Waals surface area contributed by atoms with E-state index < -0.39 is 23.8 Å². The van der Waals surface area contributed by atoms with Crippen molar-refractivity contribution < 1.29 is 28.2 Å². The van der Waals surface area contributed by atoms with Crippen molar-refractivity contribution in [1.29, 1.82) is 0 Å². The summed E-state index contributed by atoms with van der Waals surface area (Å²) in [4.78, 5) is 11.0. The van der Waals surface area contributed by atoms with Crippen molar-refractivity contribution in [3.8, 4) is 0 Å². The Morgan fingerprint density at radius 3 is 2.47 bits per heavy atom. The number of carboxylic acid groups (broad SMARTS) is 1. The molecule has 0 aliphatic heterocycles. The van der Waals surface area contributed by atoms with Crippen LogP contribution >= 0.6 is 0 Å². The Morgan fingerprint density at radius 1 is 1.37 bits per heavy atom. The van der Waals surface area contributed by atoms with Crippen LogP contribution in [-0.2, 0) is 6.18 Å². The Kier molecular flexibility index (Phi) is 4.94. The number of aromatic carboxylic acids is 1. The van der Waals surface area contributed by atoms with Gasteiger partial charge in [0.15, 0.2) is 0 Å². The van der Waals surface area contributed by atoms with Gasteiger partial charge in [0.25, 0.3) is 0 Å². The fraction of sp³-hybridized carbons (Fsp3) is 0.462. The first-order valence-electron chi connectivity index (χ1n) is 5.89. The standard InChI is InChI=1S/C13H15F3O3/c1-2-3-4-11(17)10-7-8(13(14,15)16)5-6-9(10)12(18)19/h5-7,11,17H,2-4H2,1H3,(H,18,19). The van der Waals surface area contributed by atoms with Crippen LogP contribution in [0.2, 0.25) is 0 Å². The van der Waals surface area contributed by atoms with Crippen molar-refractivity contribution in [3.05, 3.63) is 34.9 Å². The van der Waals surface area contributed by atoms with Crippen LogP contribution in [0.1, 0.15) is 53.8 Å². The zero-order valence-electron chi connectivity index (χ0n) is 10.4. The minimum absolute atomic E-state index is 0.184. The maximum atomic E-state index is 12.6. The highest BCUT2D eigenvalue weighted by Gasteiger charge is 2.32. The van der Waals surface area contributed by atoms with Crippen molar-refractivity contribution in [1.82, 2.24) is 0 Å². The number of carboxylic acids is 1. The summed E-state index contributed by atoms with van der Waals surface area (Å²) >= 11 is 0. The molecule has 1 rings (SSSR count). The van der Waals surface area contributed by atoms with Gasteiger partial charge in [0.05, 0.1) is 17.2 Å². The maximum Gasteiger partial charge on any atom is 0.416 e. The summed E-state index contributed by atoms with van der Waals surface area (Å²) in [7, 11) is 0. The third kappa shape index (κ3) is 3.96. The number of unbranched alkanes of at least 4 members (excludes halogenated alkanes) is 1. The number of benzene rings is 1. The molecule has 6 heteroatoms. The van der Waals surface area contributed by atoms with E-state index in [2.05, 4.69) is 0 Å². The number of hydrogen-bond acceptors (Lipinski definition) is 2. The highest BCUT2D eigenvalue weighted by atomic mass is 19.4. The van der Waals surface area contributed by atoms with E-state index in [0.717, 1.165) is 12.5 Å². The molecule has 0 aliphatic rings. The first-order chi connectivity index (χ1) is 8.77. The quantitative estimate of drug-likeness (QED) is 0.863. The molecule has 1 aromatic carbocycles. The summed E-state index contributed by atoms with van der Waals surface area (Å²) in [5.74, 6) is -1.35. The van der Waals surface area contributed by atoms with Crippen LogP contribution in [0, 0.1) is 0 Å². The van der Waals surface area contributed by atoms with E-state index in [9.17, 15) is 23.1 Å². The Hall–Kier alpha value is -1.56. The molecule has 1 unspecified atom stereocenters. The van der Waals surface area contributed by atoms with Crippen molar-refractivity contribution in [2.24, 2.45) is 0 Å². The van der Waals surface area contributed by atoms with Gasteiger partial charge in [-0.25, -0.2) is 4.79 Å². The van der Waals surface area contributed by atoms with Crippen LogP contribution in [-0.4, -0.2) is 16.2 Å². The van der Waals surface area contributed by atoms with E-state index in [1.54, 1.807) is 0 Å². The van der Waals surface area contributed by atoms with Crippen LogP contribution in [0.3, 0.4) is 0 Å². The molecule has 1 atom stereocenters. The van der Waals surface area contributed by atoms with Crippen LogP contribution < -0.4 is 0 Å². The fourth-order valence-electron chi connectivity index (χ4n) is 1.76. The Morgan fingerprint density at radius 2 is 2.00 bits per heavy atom. The number of aliphatic hydroxyl groups excluding tert-OH is 1. The van der Waals surface area contributed by atoms with Crippen molar-refractivity contribution >= 4 is 5.97 Å². The highest BCUT2D eigenvalue weighted by Crippen LogP contribution is 2.33. The van der Waals surface area contributed by atoms with Crippen LogP contribution in [0.4, 0.5) is 13.2 Å². The van der Waals surface area contributed by atoms with Gasteiger partial charge in [-0.15, -0.1) is 0 Å². The smallest absolute Gasteiger partial charge is 0.416 e. The molecule has 0 radical (unpaired) electrons. The van der Waals surface area contributed by atoms with E-state index in [-0.39, 0.29) is 17.5 Å². The van der Waals surface area contributed by atoms with E-state index in [1.165, 1.54) is 0 Å². The summed E-state index contributed by atoms with van der Waals surface area (Å²) in [6.45, 7) is 1.87. The summed E-state index contributed by atoms with van der Waals surface area (Å²) < 4.78 is 37.8. The van der Waals surface area contributed by atoms with E-state index in [0.29, 0.717) is 18.6 Å². The molecule has 19 heavy (non-hydrogen) atoms. The topological polar surface area (TPSA) is 57.5 Å². The molecular formula is C13H15F3O3. The lowest BCUT2D eigenvalue weighted by atomic mass is 9.96. The van der Waals surface area contributed by atoms with Gasteiger partial charge in [0.2, 0.25) is 0 Å². The Bertz CT molecular complexity index is 455. The van der Waals surface area contributed by atoms with Gasteiger partial charge < -0.3 is 10.2 Å². The number of alkyl halides is 3. The number of rotatable bonds is 5. The molecule has 0 saturated heterocycles. The molecule has 0 spiro atoms. The van der Waals surface area contributed by atoms with Gasteiger partial charge in [0, 0.05) is 0 Å². The van der Waals surface area contributed by atoms with Crippen molar-refractivity contribution in [2.45, 2.75) is 38.5 Å². The first kappa shape index (κ1) is 15.5. The predicted octanol–water partition coefficient (Wildman–Crippen LogP) is 3.63. The highest BCUT2D eigenvalue weighted by molar-refractivity contribution is 5.89. The molecule has 0 aliphatic carbocycles. The first-order valence-corrected chi connectivity index (χ1v) is 5.89. The summed E-state index contributed by atoms with van der Waals surface area (Å²) in [5, 5.41) is 18.8. The molecule has 0 amide bonds. The molecule has 0 bridgehead atoms. The largest absolute Gasteiger partial charge is 0.478 e. The van der Waals surface area contributed by atoms with Crippen LogP contribution in [0.25, 0.3) is 0 Å². The van der Waals surface area contributed by atoms with Gasteiger partial charge in [-0.1, -0.05) is 19.8 Å². The van der Waals surface area contributed by atoms with Crippen molar-refractivity contribution in [2.75, 3.05) is 0 Å². The minimum atomic E-state index is -4.56. The molecule has 0 heterocycles.